The molecule has 0 aromatic carbocycles. The van der Waals surface area contributed by atoms with E-state index in [0.717, 1.165) is 29.9 Å². The lowest BCUT2D eigenvalue weighted by Crippen LogP contribution is -2.42. The van der Waals surface area contributed by atoms with Gasteiger partial charge in [0.25, 0.3) is 0 Å². The second-order valence-corrected chi connectivity index (χ2v) is 9.70. The maximum Gasteiger partial charge on any atom is 0.220 e. The molecule has 2 aliphatic heterocycles. The summed E-state index contributed by atoms with van der Waals surface area (Å²) in [5.41, 5.74) is 2.09. The van der Waals surface area contributed by atoms with Crippen molar-refractivity contribution in [1.82, 2.24) is 14.3 Å². The number of fused-ring (bicyclic) bond motifs is 1. The lowest BCUT2D eigenvalue weighted by atomic mass is 10.1. The number of hydrogen-bond donors (Lipinski definition) is 0. The lowest BCUT2D eigenvalue weighted by molar-refractivity contribution is 0.126. The summed E-state index contributed by atoms with van der Waals surface area (Å²) in [5, 5.41) is 0. The molecule has 0 unspecified atom stereocenters. The van der Waals surface area contributed by atoms with Crippen LogP contribution in [0.3, 0.4) is 0 Å². The fourth-order valence-corrected chi connectivity index (χ4v) is 5.10. The number of sulfonamides is 1. The Morgan fingerprint density at radius 1 is 1.19 bits per heavy atom. The molecule has 27 heavy (non-hydrogen) atoms. The third-order valence-electron chi connectivity index (χ3n) is 5.10. The van der Waals surface area contributed by atoms with Crippen molar-refractivity contribution >= 4 is 10.0 Å². The molecule has 1 saturated heterocycles. The van der Waals surface area contributed by atoms with Crippen molar-refractivity contribution in [1.29, 1.82) is 0 Å². The van der Waals surface area contributed by atoms with Gasteiger partial charge >= 0.3 is 0 Å². The predicted molar refractivity (Wildman–Crippen MR) is 104 cm³/mol. The average Bonchev–Trinajstić information content (AvgIpc) is 2.87. The standard InChI is InChI=1S/C19H31N3O4S/c1-4-13-27(23,24)22-9-5-15(6-10-22)26-19-16-7-11-25-12-8-17(16)20-18(21-19)14(2)3/h14-15H,4-13H2,1-3H3. The lowest BCUT2D eigenvalue weighted by Gasteiger charge is -2.31. The second-order valence-electron chi connectivity index (χ2n) is 7.61. The Bertz CT molecular complexity index is 744. The zero-order valence-electron chi connectivity index (χ0n) is 16.6. The Morgan fingerprint density at radius 2 is 1.89 bits per heavy atom. The molecule has 1 aromatic rings. The largest absolute Gasteiger partial charge is 0.474 e. The summed E-state index contributed by atoms with van der Waals surface area (Å²) in [6.07, 6.45) is 3.55. The summed E-state index contributed by atoms with van der Waals surface area (Å²) in [6, 6.07) is 0. The van der Waals surface area contributed by atoms with Gasteiger partial charge in [-0.1, -0.05) is 20.8 Å². The molecule has 1 fully saturated rings. The van der Waals surface area contributed by atoms with Crippen LogP contribution in [-0.4, -0.2) is 60.9 Å². The molecule has 7 nitrogen and oxygen atoms in total. The Hall–Kier alpha value is -1.25. The molecule has 2 aliphatic rings. The van der Waals surface area contributed by atoms with Crippen LogP contribution >= 0.6 is 0 Å². The summed E-state index contributed by atoms with van der Waals surface area (Å²) in [7, 11) is -3.13. The summed E-state index contributed by atoms with van der Waals surface area (Å²) < 4.78 is 38.0. The van der Waals surface area contributed by atoms with Crippen molar-refractivity contribution in [3.63, 3.8) is 0 Å². The van der Waals surface area contributed by atoms with Gasteiger partial charge in [0, 0.05) is 37.4 Å². The molecule has 0 N–H and O–H groups in total. The van der Waals surface area contributed by atoms with Gasteiger partial charge < -0.3 is 9.47 Å². The van der Waals surface area contributed by atoms with Crippen LogP contribution in [0, 0.1) is 0 Å². The molecule has 0 aliphatic carbocycles. The van der Waals surface area contributed by atoms with E-state index in [1.54, 1.807) is 4.31 Å². The Labute approximate surface area is 162 Å². The molecular formula is C19H31N3O4S. The van der Waals surface area contributed by atoms with Crippen LogP contribution in [0.4, 0.5) is 0 Å². The van der Waals surface area contributed by atoms with Gasteiger partial charge in [-0.25, -0.2) is 17.7 Å². The summed E-state index contributed by atoms with van der Waals surface area (Å²) in [5.74, 6) is 1.91. The van der Waals surface area contributed by atoms with Gasteiger partial charge in [-0.3, -0.25) is 0 Å². The molecule has 0 spiro atoms. The van der Waals surface area contributed by atoms with Crippen LogP contribution in [0.5, 0.6) is 5.88 Å². The van der Waals surface area contributed by atoms with Gasteiger partial charge in [0.15, 0.2) is 0 Å². The summed E-state index contributed by atoms with van der Waals surface area (Å²) in [6.45, 7) is 8.41. The first-order chi connectivity index (χ1) is 12.9. The number of piperidine rings is 1. The molecule has 0 radical (unpaired) electrons. The smallest absolute Gasteiger partial charge is 0.220 e. The minimum atomic E-state index is -3.13. The van der Waals surface area contributed by atoms with Gasteiger partial charge in [0.2, 0.25) is 15.9 Å². The maximum absolute atomic E-state index is 12.3. The molecule has 3 rings (SSSR count). The number of nitrogens with zero attached hydrogens (tertiary/aromatic N) is 3. The zero-order chi connectivity index (χ0) is 19.4. The molecule has 0 bridgehead atoms. The van der Waals surface area contributed by atoms with E-state index < -0.39 is 10.0 Å². The van der Waals surface area contributed by atoms with Crippen LogP contribution in [0.2, 0.25) is 0 Å². The van der Waals surface area contributed by atoms with Gasteiger partial charge in [-0.05, 0) is 19.3 Å². The first-order valence-corrected chi connectivity index (χ1v) is 11.6. The Balaban J connectivity index is 1.73. The minimum Gasteiger partial charge on any atom is -0.474 e. The van der Waals surface area contributed by atoms with Crippen LogP contribution in [0.25, 0.3) is 0 Å². The zero-order valence-corrected chi connectivity index (χ0v) is 17.4. The Morgan fingerprint density at radius 3 is 2.56 bits per heavy atom. The highest BCUT2D eigenvalue weighted by molar-refractivity contribution is 7.89. The summed E-state index contributed by atoms with van der Waals surface area (Å²) in [4.78, 5) is 9.43. The predicted octanol–water partition coefficient (Wildman–Crippen LogP) is 2.30. The molecule has 0 atom stereocenters. The van der Waals surface area contributed by atoms with E-state index in [9.17, 15) is 8.42 Å². The number of ether oxygens (including phenoxy) is 2. The highest BCUT2D eigenvalue weighted by atomic mass is 32.2. The van der Waals surface area contributed by atoms with Crippen molar-refractivity contribution in [2.75, 3.05) is 32.1 Å². The monoisotopic (exact) mass is 397 g/mol. The Kier molecular flexibility index (Phi) is 6.70. The molecular weight excluding hydrogens is 366 g/mol. The summed E-state index contributed by atoms with van der Waals surface area (Å²) >= 11 is 0. The molecule has 8 heteroatoms. The maximum atomic E-state index is 12.3. The minimum absolute atomic E-state index is 0.0127. The van der Waals surface area contributed by atoms with Gasteiger partial charge in [0.1, 0.15) is 11.9 Å². The van der Waals surface area contributed by atoms with Crippen molar-refractivity contribution in [2.24, 2.45) is 0 Å². The van der Waals surface area contributed by atoms with Crippen LogP contribution in [0.15, 0.2) is 0 Å². The molecule has 1 aromatic heterocycles. The molecule has 3 heterocycles. The number of hydrogen-bond acceptors (Lipinski definition) is 6. The average molecular weight is 398 g/mol. The fraction of sp³-hybridized carbons (Fsp3) is 0.789. The van der Waals surface area contributed by atoms with Gasteiger partial charge in [-0.2, -0.15) is 4.98 Å². The fourth-order valence-electron chi connectivity index (χ4n) is 3.56. The van der Waals surface area contributed by atoms with E-state index in [1.165, 1.54) is 0 Å². The van der Waals surface area contributed by atoms with Crippen LogP contribution in [-0.2, 0) is 27.6 Å². The first-order valence-electron chi connectivity index (χ1n) is 10.0. The van der Waals surface area contributed by atoms with Gasteiger partial charge in [0.05, 0.1) is 24.7 Å². The van der Waals surface area contributed by atoms with Crippen molar-refractivity contribution < 1.29 is 17.9 Å². The molecule has 0 saturated carbocycles. The van der Waals surface area contributed by atoms with Gasteiger partial charge in [-0.15, -0.1) is 0 Å². The van der Waals surface area contributed by atoms with Crippen LogP contribution < -0.4 is 4.74 Å². The second kappa shape index (κ2) is 8.84. The highest BCUT2D eigenvalue weighted by Crippen LogP contribution is 2.28. The number of rotatable bonds is 6. The van der Waals surface area contributed by atoms with E-state index >= 15 is 0 Å². The number of aromatic nitrogens is 2. The first kappa shape index (κ1) is 20.5. The van der Waals surface area contributed by atoms with E-state index in [1.807, 2.05) is 6.92 Å². The van der Waals surface area contributed by atoms with E-state index in [-0.39, 0.29) is 17.8 Å². The van der Waals surface area contributed by atoms with E-state index in [4.69, 9.17) is 19.4 Å². The van der Waals surface area contributed by atoms with Crippen molar-refractivity contribution in [2.45, 2.75) is 64.9 Å². The molecule has 152 valence electrons. The highest BCUT2D eigenvalue weighted by Gasteiger charge is 2.29. The van der Waals surface area contributed by atoms with Crippen molar-refractivity contribution in [3.8, 4) is 5.88 Å². The van der Waals surface area contributed by atoms with E-state index in [0.29, 0.717) is 51.4 Å². The SMILES string of the molecule is CCCS(=O)(=O)N1CCC(Oc2nc(C(C)C)nc3c2CCOCC3)CC1. The topological polar surface area (TPSA) is 81.6 Å². The quantitative estimate of drug-likeness (QED) is 0.733. The van der Waals surface area contributed by atoms with Crippen molar-refractivity contribution in [3.05, 3.63) is 17.1 Å². The third-order valence-corrected chi connectivity index (χ3v) is 7.18. The van der Waals surface area contributed by atoms with Crippen LogP contribution in [0.1, 0.15) is 63.0 Å². The molecule has 0 amide bonds. The third kappa shape index (κ3) is 4.97. The normalized spacial score (nSPS) is 19.7. The van der Waals surface area contributed by atoms with E-state index in [2.05, 4.69) is 13.8 Å².